The van der Waals surface area contributed by atoms with Gasteiger partial charge in [-0.25, -0.2) is 4.68 Å². The molecular weight excluding hydrogens is 436 g/mol. The summed E-state index contributed by atoms with van der Waals surface area (Å²) in [5.41, 5.74) is 3.14. The van der Waals surface area contributed by atoms with Gasteiger partial charge < -0.3 is 10.2 Å². The van der Waals surface area contributed by atoms with Gasteiger partial charge in [0.05, 0.1) is 11.3 Å². The third-order valence-electron chi connectivity index (χ3n) is 6.98. The Hall–Kier alpha value is -3.41. The Balaban J connectivity index is 1.46. The Morgan fingerprint density at radius 3 is 2.23 bits per heavy atom. The first-order valence-electron chi connectivity index (χ1n) is 12.7. The standard InChI is InChI=1S/C29H36N4O2/c1-21(2)14-17-30-28(34)22(3)23-15-18-32(19-16-23)29(35)26-20-33(25-12-8-5-9-13-25)31-27(26)24-10-6-4-7-11-24/h4-13,20-23H,14-19H2,1-3H3,(H,30,34)/t22-/m1/s1. The smallest absolute Gasteiger partial charge is 0.257 e. The number of carbonyl (C=O) groups excluding carboxylic acids is 2. The van der Waals surface area contributed by atoms with Crippen molar-refractivity contribution in [3.63, 3.8) is 0 Å². The quantitative estimate of drug-likeness (QED) is 0.491. The lowest BCUT2D eigenvalue weighted by Crippen LogP contribution is -2.43. The predicted molar refractivity (Wildman–Crippen MR) is 139 cm³/mol. The van der Waals surface area contributed by atoms with Gasteiger partial charge in [-0.1, -0.05) is 69.3 Å². The monoisotopic (exact) mass is 472 g/mol. The Morgan fingerprint density at radius 2 is 1.60 bits per heavy atom. The highest BCUT2D eigenvalue weighted by molar-refractivity contribution is 6.00. The molecule has 0 aliphatic carbocycles. The molecule has 2 amide bonds. The molecule has 184 valence electrons. The molecule has 0 bridgehead atoms. The molecular formula is C29H36N4O2. The van der Waals surface area contributed by atoms with Crippen LogP contribution >= 0.6 is 0 Å². The number of likely N-dealkylation sites (tertiary alicyclic amines) is 1. The van der Waals surface area contributed by atoms with Gasteiger partial charge in [0.2, 0.25) is 5.91 Å². The van der Waals surface area contributed by atoms with E-state index >= 15 is 0 Å². The molecule has 6 nitrogen and oxygen atoms in total. The van der Waals surface area contributed by atoms with Gasteiger partial charge in [-0.15, -0.1) is 0 Å². The summed E-state index contributed by atoms with van der Waals surface area (Å²) in [4.78, 5) is 28.2. The Morgan fingerprint density at radius 1 is 0.971 bits per heavy atom. The Bertz CT molecular complexity index is 1120. The lowest BCUT2D eigenvalue weighted by molar-refractivity contribution is -0.126. The van der Waals surface area contributed by atoms with E-state index in [1.807, 2.05) is 78.7 Å². The van der Waals surface area contributed by atoms with Crippen LogP contribution in [0.1, 0.15) is 50.4 Å². The highest BCUT2D eigenvalue weighted by Crippen LogP contribution is 2.29. The number of amides is 2. The summed E-state index contributed by atoms with van der Waals surface area (Å²) in [6, 6.07) is 19.7. The van der Waals surface area contributed by atoms with Gasteiger partial charge >= 0.3 is 0 Å². The van der Waals surface area contributed by atoms with Gasteiger partial charge in [0.25, 0.3) is 5.91 Å². The minimum atomic E-state index is -0.0416. The first-order chi connectivity index (χ1) is 16.9. The molecule has 4 rings (SSSR count). The molecule has 0 radical (unpaired) electrons. The number of hydrogen-bond donors (Lipinski definition) is 1. The molecule has 6 heteroatoms. The van der Waals surface area contributed by atoms with Gasteiger partial charge in [-0.05, 0) is 43.2 Å². The van der Waals surface area contributed by atoms with Crippen LogP contribution in [0.15, 0.2) is 66.9 Å². The topological polar surface area (TPSA) is 67.2 Å². The summed E-state index contributed by atoms with van der Waals surface area (Å²) < 4.78 is 1.78. The number of piperidine rings is 1. The molecule has 2 heterocycles. The normalized spacial score (nSPS) is 15.3. The maximum Gasteiger partial charge on any atom is 0.257 e. The highest BCUT2D eigenvalue weighted by atomic mass is 16.2. The average molecular weight is 473 g/mol. The molecule has 3 aromatic rings. The summed E-state index contributed by atoms with van der Waals surface area (Å²) in [7, 11) is 0. The molecule has 1 fully saturated rings. The summed E-state index contributed by atoms with van der Waals surface area (Å²) in [6.07, 6.45) is 4.50. The number of aromatic nitrogens is 2. The fourth-order valence-electron chi connectivity index (χ4n) is 4.68. The largest absolute Gasteiger partial charge is 0.356 e. The van der Waals surface area contributed by atoms with E-state index in [0.29, 0.717) is 36.2 Å². The molecule has 0 spiro atoms. The minimum Gasteiger partial charge on any atom is -0.356 e. The van der Waals surface area contributed by atoms with Crippen LogP contribution in [0.25, 0.3) is 16.9 Å². The van der Waals surface area contributed by atoms with Crippen LogP contribution in [0.5, 0.6) is 0 Å². The summed E-state index contributed by atoms with van der Waals surface area (Å²) >= 11 is 0. The molecule has 0 saturated carbocycles. The van der Waals surface area contributed by atoms with Crippen LogP contribution in [0.3, 0.4) is 0 Å². The molecule has 0 unspecified atom stereocenters. The molecule has 2 aromatic carbocycles. The maximum atomic E-state index is 13.6. The Kier molecular flexibility index (Phi) is 8.01. The number of nitrogens with one attached hydrogen (secondary N) is 1. The summed E-state index contributed by atoms with van der Waals surface area (Å²) in [5.74, 6) is 0.954. The molecule has 1 aliphatic heterocycles. The lowest BCUT2D eigenvalue weighted by Gasteiger charge is -2.34. The van der Waals surface area contributed by atoms with Crippen LogP contribution in [0, 0.1) is 17.8 Å². The van der Waals surface area contributed by atoms with Crippen LogP contribution in [-0.4, -0.2) is 46.1 Å². The molecule has 1 N–H and O–H groups in total. The zero-order chi connectivity index (χ0) is 24.8. The van der Waals surface area contributed by atoms with E-state index in [4.69, 9.17) is 5.10 Å². The zero-order valence-electron chi connectivity index (χ0n) is 21.0. The highest BCUT2D eigenvalue weighted by Gasteiger charge is 2.31. The van der Waals surface area contributed by atoms with E-state index in [2.05, 4.69) is 19.2 Å². The molecule has 1 aromatic heterocycles. The van der Waals surface area contributed by atoms with Crippen molar-refractivity contribution >= 4 is 11.8 Å². The van der Waals surface area contributed by atoms with E-state index in [1.54, 1.807) is 4.68 Å². The van der Waals surface area contributed by atoms with Crippen LogP contribution in [0.2, 0.25) is 0 Å². The zero-order valence-corrected chi connectivity index (χ0v) is 21.0. The number of para-hydroxylation sites is 1. The van der Waals surface area contributed by atoms with E-state index in [0.717, 1.165) is 37.1 Å². The molecule has 35 heavy (non-hydrogen) atoms. The van der Waals surface area contributed by atoms with Crippen LogP contribution in [0.4, 0.5) is 0 Å². The van der Waals surface area contributed by atoms with Crippen molar-refractivity contribution in [2.24, 2.45) is 17.8 Å². The van der Waals surface area contributed by atoms with Crippen molar-refractivity contribution in [1.29, 1.82) is 0 Å². The number of nitrogens with zero attached hydrogens (tertiary/aromatic N) is 3. The van der Waals surface area contributed by atoms with Crippen LogP contribution < -0.4 is 5.32 Å². The van der Waals surface area contributed by atoms with Gasteiger partial charge in [0, 0.05) is 37.3 Å². The molecule has 1 saturated heterocycles. The van der Waals surface area contributed by atoms with E-state index in [-0.39, 0.29) is 17.7 Å². The lowest BCUT2D eigenvalue weighted by atomic mass is 9.84. The molecule has 1 aliphatic rings. The van der Waals surface area contributed by atoms with Crippen molar-refractivity contribution in [2.45, 2.75) is 40.0 Å². The Labute approximate surface area is 208 Å². The second-order valence-electron chi connectivity index (χ2n) is 9.93. The maximum absolute atomic E-state index is 13.6. The third-order valence-corrected chi connectivity index (χ3v) is 6.98. The second kappa shape index (κ2) is 11.3. The van der Waals surface area contributed by atoms with E-state index in [9.17, 15) is 9.59 Å². The SMILES string of the molecule is CC(C)CCNC(=O)[C@H](C)C1CCN(C(=O)c2cn(-c3ccccc3)nc2-c2ccccc2)CC1. The fraction of sp³-hybridized carbons (Fsp3) is 0.414. The van der Waals surface area contributed by atoms with Gasteiger partial charge in [-0.2, -0.15) is 5.10 Å². The van der Waals surface area contributed by atoms with Gasteiger partial charge in [0.15, 0.2) is 0 Å². The van der Waals surface area contributed by atoms with E-state index < -0.39 is 0 Å². The number of benzene rings is 2. The first kappa shape index (κ1) is 24.7. The number of rotatable bonds is 8. The van der Waals surface area contributed by atoms with Crippen molar-refractivity contribution in [1.82, 2.24) is 20.0 Å². The van der Waals surface area contributed by atoms with E-state index in [1.165, 1.54) is 0 Å². The minimum absolute atomic E-state index is 0.00137. The summed E-state index contributed by atoms with van der Waals surface area (Å²) in [5, 5.41) is 7.87. The molecule has 1 atom stereocenters. The average Bonchev–Trinajstić information content (AvgIpc) is 3.34. The third kappa shape index (κ3) is 5.99. The van der Waals surface area contributed by atoms with Crippen molar-refractivity contribution < 1.29 is 9.59 Å². The van der Waals surface area contributed by atoms with Crippen molar-refractivity contribution in [3.8, 4) is 16.9 Å². The summed E-state index contributed by atoms with van der Waals surface area (Å²) in [6.45, 7) is 8.37. The van der Waals surface area contributed by atoms with Gasteiger partial charge in [0.1, 0.15) is 5.69 Å². The fourth-order valence-corrected chi connectivity index (χ4v) is 4.68. The van der Waals surface area contributed by atoms with Crippen molar-refractivity contribution in [2.75, 3.05) is 19.6 Å². The number of carbonyl (C=O) groups is 2. The van der Waals surface area contributed by atoms with Crippen molar-refractivity contribution in [3.05, 3.63) is 72.4 Å². The first-order valence-corrected chi connectivity index (χ1v) is 12.7. The van der Waals surface area contributed by atoms with Gasteiger partial charge in [-0.3, -0.25) is 9.59 Å². The second-order valence-corrected chi connectivity index (χ2v) is 9.93. The number of hydrogen-bond acceptors (Lipinski definition) is 3. The predicted octanol–water partition coefficient (Wildman–Crippen LogP) is 5.19. The van der Waals surface area contributed by atoms with Crippen LogP contribution in [-0.2, 0) is 4.79 Å².